The van der Waals surface area contributed by atoms with E-state index in [1.54, 1.807) is 12.4 Å². The zero-order chi connectivity index (χ0) is 18.0. The molecule has 3 aromatic rings. The van der Waals surface area contributed by atoms with Crippen molar-refractivity contribution in [2.75, 3.05) is 13.1 Å². The number of benzene rings is 1. The number of imidazole rings is 1. The number of nitrogens with zero attached hydrogens (tertiary/aromatic N) is 5. The second-order valence-corrected chi connectivity index (χ2v) is 5.89. The highest BCUT2D eigenvalue weighted by atomic mass is 15.3. The molecule has 0 aliphatic rings. The molecule has 7 nitrogen and oxygen atoms in total. The molecule has 136 valence electrons. The first-order valence-electron chi connectivity index (χ1n) is 8.87. The van der Waals surface area contributed by atoms with Gasteiger partial charge in [-0.3, -0.25) is 4.68 Å². The minimum Gasteiger partial charge on any atom is -0.357 e. The highest BCUT2D eigenvalue weighted by Gasteiger charge is 2.04. The molecular weight excluding hydrogens is 326 g/mol. The Morgan fingerprint density at radius 1 is 1.08 bits per heavy atom. The zero-order valence-electron chi connectivity index (χ0n) is 15.0. The van der Waals surface area contributed by atoms with Crippen LogP contribution in [0.25, 0.3) is 0 Å². The third kappa shape index (κ3) is 5.20. The Kier molecular flexibility index (Phi) is 6.41. The van der Waals surface area contributed by atoms with E-state index in [1.165, 1.54) is 11.1 Å². The summed E-state index contributed by atoms with van der Waals surface area (Å²) in [6.07, 6.45) is 9.33. The molecule has 0 saturated heterocycles. The number of aliphatic imine (C=N–C) groups is 1. The van der Waals surface area contributed by atoms with Gasteiger partial charge in [-0.1, -0.05) is 24.3 Å². The molecule has 0 amide bonds. The lowest BCUT2D eigenvalue weighted by Gasteiger charge is -2.13. The number of guanidine groups is 1. The van der Waals surface area contributed by atoms with E-state index < -0.39 is 0 Å². The van der Waals surface area contributed by atoms with Gasteiger partial charge in [0.25, 0.3) is 0 Å². The average Bonchev–Trinajstić information content (AvgIpc) is 3.35. The minimum atomic E-state index is 0.623. The van der Waals surface area contributed by atoms with E-state index in [0.717, 1.165) is 32.1 Å². The third-order valence-corrected chi connectivity index (χ3v) is 3.98. The van der Waals surface area contributed by atoms with Crippen LogP contribution in [0.3, 0.4) is 0 Å². The topological polar surface area (TPSA) is 72.1 Å². The van der Waals surface area contributed by atoms with E-state index in [0.29, 0.717) is 6.54 Å². The predicted octanol–water partition coefficient (Wildman–Crippen LogP) is 1.88. The molecule has 0 radical (unpaired) electrons. The third-order valence-electron chi connectivity index (χ3n) is 3.98. The molecule has 2 N–H and O–H groups in total. The number of rotatable bonds is 8. The molecule has 0 aliphatic carbocycles. The first-order chi connectivity index (χ1) is 12.8. The fourth-order valence-electron chi connectivity index (χ4n) is 2.66. The molecule has 1 aromatic carbocycles. The molecule has 0 unspecified atom stereocenters. The fourth-order valence-corrected chi connectivity index (χ4v) is 2.66. The predicted molar refractivity (Wildman–Crippen MR) is 103 cm³/mol. The molecule has 0 aliphatic heterocycles. The Morgan fingerprint density at radius 2 is 1.96 bits per heavy atom. The smallest absolute Gasteiger partial charge is 0.191 e. The van der Waals surface area contributed by atoms with Crippen molar-refractivity contribution in [1.82, 2.24) is 30.0 Å². The van der Waals surface area contributed by atoms with Gasteiger partial charge in [0.05, 0.1) is 19.4 Å². The summed E-state index contributed by atoms with van der Waals surface area (Å²) >= 11 is 0. The van der Waals surface area contributed by atoms with Crippen LogP contribution >= 0.6 is 0 Å². The minimum absolute atomic E-state index is 0.623. The van der Waals surface area contributed by atoms with Gasteiger partial charge in [-0.05, 0) is 24.1 Å². The van der Waals surface area contributed by atoms with Crippen LogP contribution in [0.5, 0.6) is 0 Å². The van der Waals surface area contributed by atoms with Crippen molar-refractivity contribution < 1.29 is 0 Å². The molecule has 26 heavy (non-hydrogen) atoms. The number of hydrogen-bond acceptors (Lipinski definition) is 3. The summed E-state index contributed by atoms with van der Waals surface area (Å²) < 4.78 is 3.97. The molecule has 0 bridgehead atoms. The summed E-state index contributed by atoms with van der Waals surface area (Å²) in [6, 6.07) is 10.3. The summed E-state index contributed by atoms with van der Waals surface area (Å²) in [5.41, 5.74) is 2.43. The second-order valence-electron chi connectivity index (χ2n) is 5.89. The van der Waals surface area contributed by atoms with Crippen LogP contribution in [0, 0.1) is 0 Å². The van der Waals surface area contributed by atoms with Gasteiger partial charge in [-0.25, -0.2) is 9.98 Å². The monoisotopic (exact) mass is 351 g/mol. The lowest BCUT2D eigenvalue weighted by Crippen LogP contribution is -2.38. The van der Waals surface area contributed by atoms with Gasteiger partial charge in [-0.2, -0.15) is 5.10 Å². The van der Waals surface area contributed by atoms with Gasteiger partial charge in [0.1, 0.15) is 0 Å². The van der Waals surface area contributed by atoms with Crippen LogP contribution in [0.2, 0.25) is 0 Å². The van der Waals surface area contributed by atoms with Gasteiger partial charge < -0.3 is 15.2 Å². The second kappa shape index (κ2) is 9.41. The van der Waals surface area contributed by atoms with Gasteiger partial charge >= 0.3 is 0 Å². The van der Waals surface area contributed by atoms with E-state index in [9.17, 15) is 0 Å². The Bertz CT molecular complexity index is 791. The molecule has 0 saturated carbocycles. The highest BCUT2D eigenvalue weighted by Crippen LogP contribution is 2.11. The Balaban J connectivity index is 1.61. The lowest BCUT2D eigenvalue weighted by molar-refractivity contribution is 0.661. The van der Waals surface area contributed by atoms with E-state index in [1.807, 2.05) is 34.0 Å². The normalized spacial score (nSPS) is 11.5. The van der Waals surface area contributed by atoms with Crippen molar-refractivity contribution in [2.24, 2.45) is 4.99 Å². The Labute approximate surface area is 153 Å². The van der Waals surface area contributed by atoms with Crippen LogP contribution < -0.4 is 10.6 Å². The Hall–Kier alpha value is -3.09. The van der Waals surface area contributed by atoms with Crippen LogP contribution in [-0.2, 0) is 19.6 Å². The zero-order valence-corrected chi connectivity index (χ0v) is 15.0. The van der Waals surface area contributed by atoms with Crippen LogP contribution in [0.15, 0.2) is 66.4 Å². The van der Waals surface area contributed by atoms with Gasteiger partial charge in [0, 0.05) is 44.4 Å². The lowest BCUT2D eigenvalue weighted by atomic mass is 10.1. The molecule has 7 heteroatoms. The number of nitrogens with one attached hydrogen (secondary N) is 2. The van der Waals surface area contributed by atoms with E-state index >= 15 is 0 Å². The van der Waals surface area contributed by atoms with Crippen LogP contribution in [0.1, 0.15) is 18.1 Å². The van der Waals surface area contributed by atoms with Crippen molar-refractivity contribution >= 4 is 5.96 Å². The number of aromatic nitrogens is 4. The average molecular weight is 351 g/mol. The quantitative estimate of drug-likeness (QED) is 0.480. The molecule has 2 aromatic heterocycles. The van der Waals surface area contributed by atoms with E-state index in [2.05, 4.69) is 51.9 Å². The fraction of sp³-hybridized carbons (Fsp3) is 0.316. The maximum Gasteiger partial charge on any atom is 0.191 e. The summed E-state index contributed by atoms with van der Waals surface area (Å²) in [7, 11) is 0. The van der Waals surface area contributed by atoms with Gasteiger partial charge in [-0.15, -0.1) is 0 Å². The van der Waals surface area contributed by atoms with Crippen molar-refractivity contribution in [3.63, 3.8) is 0 Å². The highest BCUT2D eigenvalue weighted by molar-refractivity contribution is 5.79. The van der Waals surface area contributed by atoms with Crippen molar-refractivity contribution in [3.8, 4) is 0 Å². The molecule has 0 spiro atoms. The summed E-state index contributed by atoms with van der Waals surface area (Å²) in [6.45, 7) is 5.91. The largest absolute Gasteiger partial charge is 0.357 e. The van der Waals surface area contributed by atoms with E-state index in [-0.39, 0.29) is 0 Å². The first-order valence-corrected chi connectivity index (χ1v) is 8.87. The first kappa shape index (κ1) is 17.7. The van der Waals surface area contributed by atoms with Crippen molar-refractivity contribution in [2.45, 2.75) is 26.6 Å². The summed E-state index contributed by atoms with van der Waals surface area (Å²) in [5, 5.41) is 11.0. The SMILES string of the molecule is CCNC(=NCc1ccccc1Cn1cccn1)NCCn1ccnc1. The van der Waals surface area contributed by atoms with Gasteiger partial charge in [0.15, 0.2) is 5.96 Å². The molecular formula is C19H25N7. The molecule has 0 atom stereocenters. The molecule has 0 fully saturated rings. The summed E-state index contributed by atoms with van der Waals surface area (Å²) in [4.78, 5) is 8.79. The van der Waals surface area contributed by atoms with Crippen LogP contribution in [0.4, 0.5) is 0 Å². The molecule has 3 rings (SSSR count). The summed E-state index contributed by atoms with van der Waals surface area (Å²) in [5.74, 6) is 0.821. The van der Waals surface area contributed by atoms with Gasteiger partial charge in [0.2, 0.25) is 0 Å². The van der Waals surface area contributed by atoms with E-state index in [4.69, 9.17) is 4.99 Å². The maximum absolute atomic E-state index is 4.73. The Morgan fingerprint density at radius 3 is 2.69 bits per heavy atom. The van der Waals surface area contributed by atoms with Crippen molar-refractivity contribution in [1.29, 1.82) is 0 Å². The molecule has 2 heterocycles. The number of hydrogen-bond donors (Lipinski definition) is 2. The van der Waals surface area contributed by atoms with Crippen LogP contribution in [-0.4, -0.2) is 38.4 Å². The maximum atomic E-state index is 4.73. The van der Waals surface area contributed by atoms with Crippen molar-refractivity contribution in [3.05, 3.63) is 72.6 Å². The standard InChI is InChI=1S/C19H25N7/c1-2-21-19(22-10-13-25-12-9-20-16-25)23-14-17-6-3-4-7-18(17)15-26-11-5-8-24-26/h3-9,11-12,16H,2,10,13-15H2,1H3,(H2,21,22,23).